The third kappa shape index (κ3) is 3.98. The molecular formula is C21H24N4O3. The lowest BCUT2D eigenvalue weighted by molar-refractivity contribution is -0.133. The fourth-order valence-corrected chi connectivity index (χ4v) is 3.68. The van der Waals surface area contributed by atoms with Gasteiger partial charge in [-0.1, -0.05) is 0 Å². The van der Waals surface area contributed by atoms with Crippen LogP contribution in [0.2, 0.25) is 0 Å². The van der Waals surface area contributed by atoms with Gasteiger partial charge in [0.25, 0.3) is 5.91 Å². The Hall–Kier alpha value is -2.96. The number of aromatic nitrogens is 2. The summed E-state index contributed by atoms with van der Waals surface area (Å²) in [7, 11) is 0. The van der Waals surface area contributed by atoms with Gasteiger partial charge in [-0.3, -0.25) is 9.59 Å². The Kier molecular flexibility index (Phi) is 5.23. The molecule has 146 valence electrons. The first-order valence-electron chi connectivity index (χ1n) is 9.72. The molecular weight excluding hydrogens is 356 g/mol. The number of Topliss-reactive ketones (excluding diaryl/α,β-unsaturated/α-hetero) is 1. The highest BCUT2D eigenvalue weighted by Crippen LogP contribution is 2.23. The lowest BCUT2D eigenvalue weighted by Gasteiger charge is -2.35. The summed E-state index contributed by atoms with van der Waals surface area (Å²) in [5.41, 5.74) is 3.07. The normalized spacial score (nSPS) is 16.0. The predicted octanol–water partition coefficient (Wildman–Crippen LogP) is 1.90. The summed E-state index contributed by atoms with van der Waals surface area (Å²) in [4.78, 5) is 27.8. The van der Waals surface area contributed by atoms with Crippen molar-refractivity contribution in [3.63, 3.8) is 0 Å². The number of hydrogen-bond acceptors (Lipinski definition) is 6. The molecule has 0 atom stereocenters. The first-order valence-corrected chi connectivity index (χ1v) is 9.72. The van der Waals surface area contributed by atoms with E-state index in [9.17, 15) is 9.59 Å². The Balaban J connectivity index is 1.27. The zero-order valence-corrected chi connectivity index (χ0v) is 16.1. The van der Waals surface area contributed by atoms with Crippen molar-refractivity contribution in [1.82, 2.24) is 15.1 Å². The molecule has 1 aliphatic heterocycles. The number of aryl methyl sites for hydroxylation is 2. The number of ketones is 1. The van der Waals surface area contributed by atoms with Crippen molar-refractivity contribution < 1.29 is 14.3 Å². The van der Waals surface area contributed by atoms with E-state index in [1.807, 2.05) is 4.90 Å². The first kappa shape index (κ1) is 18.4. The second kappa shape index (κ2) is 7.96. The van der Waals surface area contributed by atoms with Crippen LogP contribution in [-0.4, -0.2) is 59.6 Å². The lowest BCUT2D eigenvalue weighted by atomic mass is 10.1. The maximum atomic E-state index is 12.4. The molecule has 2 aliphatic rings. The number of carbonyl (C=O) groups excluding carboxylic acids is 2. The molecule has 0 unspecified atom stereocenters. The standard InChI is InChI=1S/C21H24N4O3/c1-15(26)16-5-7-18(8-6-16)28-14-21(27)25-11-9-24(10-12-25)20-13-17-3-2-4-19(17)22-23-20/h5-8,13H,2-4,9-12,14H2,1H3. The zero-order chi connectivity index (χ0) is 19.5. The van der Waals surface area contributed by atoms with Crippen molar-refractivity contribution in [2.45, 2.75) is 26.2 Å². The highest BCUT2D eigenvalue weighted by atomic mass is 16.5. The minimum absolute atomic E-state index is 0.00192. The zero-order valence-electron chi connectivity index (χ0n) is 16.1. The molecule has 0 N–H and O–H groups in total. The van der Waals surface area contributed by atoms with Crippen molar-refractivity contribution >= 4 is 17.5 Å². The van der Waals surface area contributed by atoms with E-state index >= 15 is 0 Å². The van der Waals surface area contributed by atoms with Crippen LogP contribution in [0.25, 0.3) is 0 Å². The quantitative estimate of drug-likeness (QED) is 0.738. The van der Waals surface area contributed by atoms with Gasteiger partial charge in [0.15, 0.2) is 18.2 Å². The highest BCUT2D eigenvalue weighted by Gasteiger charge is 2.23. The van der Waals surface area contributed by atoms with Gasteiger partial charge in [-0.05, 0) is 62.1 Å². The summed E-state index contributed by atoms with van der Waals surface area (Å²) >= 11 is 0. The maximum Gasteiger partial charge on any atom is 0.260 e. The van der Waals surface area contributed by atoms with Crippen molar-refractivity contribution in [2.24, 2.45) is 0 Å². The van der Waals surface area contributed by atoms with Gasteiger partial charge >= 0.3 is 0 Å². The smallest absolute Gasteiger partial charge is 0.260 e. The summed E-state index contributed by atoms with van der Waals surface area (Å²) in [6, 6.07) is 9.00. The molecule has 2 aromatic rings. The number of benzene rings is 1. The Morgan fingerprint density at radius 2 is 1.79 bits per heavy atom. The van der Waals surface area contributed by atoms with Crippen LogP contribution < -0.4 is 9.64 Å². The minimum Gasteiger partial charge on any atom is -0.484 e. The number of piperazine rings is 1. The van der Waals surface area contributed by atoms with Gasteiger partial charge in [-0.2, -0.15) is 5.10 Å². The number of hydrogen-bond donors (Lipinski definition) is 0. The van der Waals surface area contributed by atoms with E-state index < -0.39 is 0 Å². The number of nitrogens with zero attached hydrogens (tertiary/aromatic N) is 4. The molecule has 0 radical (unpaired) electrons. The van der Waals surface area contributed by atoms with Crippen molar-refractivity contribution in [3.8, 4) is 5.75 Å². The van der Waals surface area contributed by atoms with E-state index in [0.717, 1.165) is 43.9 Å². The molecule has 7 nitrogen and oxygen atoms in total. The summed E-state index contributed by atoms with van der Waals surface area (Å²) < 4.78 is 5.58. The largest absolute Gasteiger partial charge is 0.484 e. The van der Waals surface area contributed by atoms with E-state index in [4.69, 9.17) is 4.74 Å². The predicted molar refractivity (Wildman–Crippen MR) is 105 cm³/mol. The molecule has 7 heteroatoms. The van der Waals surface area contributed by atoms with Crippen LogP contribution in [0.3, 0.4) is 0 Å². The van der Waals surface area contributed by atoms with Crippen molar-refractivity contribution in [3.05, 3.63) is 47.2 Å². The number of ether oxygens (including phenoxy) is 1. The second-order valence-corrected chi connectivity index (χ2v) is 7.27. The summed E-state index contributed by atoms with van der Waals surface area (Å²) in [6.07, 6.45) is 3.27. The van der Waals surface area contributed by atoms with Gasteiger partial charge in [0, 0.05) is 31.7 Å². The van der Waals surface area contributed by atoms with Crippen LogP contribution in [0.1, 0.15) is 35.0 Å². The van der Waals surface area contributed by atoms with Crippen LogP contribution in [0.5, 0.6) is 5.75 Å². The van der Waals surface area contributed by atoms with Crippen LogP contribution in [-0.2, 0) is 17.6 Å². The van der Waals surface area contributed by atoms with Crippen LogP contribution in [0.4, 0.5) is 5.82 Å². The van der Waals surface area contributed by atoms with Gasteiger partial charge in [0.2, 0.25) is 0 Å². The first-order chi connectivity index (χ1) is 13.6. The summed E-state index contributed by atoms with van der Waals surface area (Å²) in [6.45, 7) is 4.29. The number of carbonyl (C=O) groups is 2. The summed E-state index contributed by atoms with van der Waals surface area (Å²) in [5, 5.41) is 8.72. The van der Waals surface area contributed by atoms with Gasteiger partial charge < -0.3 is 14.5 Å². The fraction of sp³-hybridized carbons (Fsp3) is 0.429. The molecule has 1 amide bonds. The monoisotopic (exact) mass is 380 g/mol. The molecule has 1 aliphatic carbocycles. The second-order valence-electron chi connectivity index (χ2n) is 7.27. The fourth-order valence-electron chi connectivity index (χ4n) is 3.68. The Morgan fingerprint density at radius 3 is 2.50 bits per heavy atom. The molecule has 1 saturated heterocycles. The molecule has 0 saturated carbocycles. The van der Waals surface area contributed by atoms with Crippen LogP contribution in [0.15, 0.2) is 30.3 Å². The lowest BCUT2D eigenvalue weighted by Crippen LogP contribution is -2.50. The van der Waals surface area contributed by atoms with Crippen molar-refractivity contribution in [2.75, 3.05) is 37.7 Å². The van der Waals surface area contributed by atoms with Crippen molar-refractivity contribution in [1.29, 1.82) is 0 Å². The topological polar surface area (TPSA) is 75.6 Å². The van der Waals surface area contributed by atoms with Crippen LogP contribution >= 0.6 is 0 Å². The van der Waals surface area contributed by atoms with E-state index in [1.54, 1.807) is 24.3 Å². The Bertz CT molecular complexity index is 874. The van der Waals surface area contributed by atoms with Gasteiger partial charge in [0.1, 0.15) is 5.75 Å². The third-order valence-corrected chi connectivity index (χ3v) is 5.39. The van der Waals surface area contributed by atoms with Crippen LogP contribution in [0, 0.1) is 0 Å². The minimum atomic E-state index is -0.0321. The number of anilines is 1. The molecule has 0 spiro atoms. The number of rotatable bonds is 5. The number of fused-ring (bicyclic) bond motifs is 1. The van der Waals surface area contributed by atoms with E-state index in [0.29, 0.717) is 24.4 Å². The molecule has 1 aromatic heterocycles. The van der Waals surface area contributed by atoms with E-state index in [1.165, 1.54) is 12.5 Å². The molecule has 4 rings (SSSR count). The molecule has 1 aromatic carbocycles. The Labute approximate surface area is 164 Å². The van der Waals surface area contributed by atoms with E-state index in [-0.39, 0.29) is 18.3 Å². The average molecular weight is 380 g/mol. The van der Waals surface area contributed by atoms with Gasteiger partial charge in [0.05, 0.1) is 5.69 Å². The third-order valence-electron chi connectivity index (χ3n) is 5.39. The SMILES string of the molecule is CC(=O)c1ccc(OCC(=O)N2CCN(c3cc4c(nn3)CCC4)CC2)cc1. The highest BCUT2D eigenvalue weighted by molar-refractivity contribution is 5.94. The number of amides is 1. The van der Waals surface area contributed by atoms with Gasteiger partial charge in [-0.25, -0.2) is 0 Å². The van der Waals surface area contributed by atoms with Gasteiger partial charge in [-0.15, -0.1) is 5.10 Å². The molecule has 28 heavy (non-hydrogen) atoms. The van der Waals surface area contributed by atoms with E-state index in [2.05, 4.69) is 21.2 Å². The molecule has 2 heterocycles. The Morgan fingerprint density at radius 1 is 1.04 bits per heavy atom. The molecule has 0 bridgehead atoms. The summed E-state index contributed by atoms with van der Waals surface area (Å²) in [5.74, 6) is 1.48. The maximum absolute atomic E-state index is 12.4. The molecule has 1 fully saturated rings. The average Bonchev–Trinajstić information content (AvgIpc) is 3.20.